The van der Waals surface area contributed by atoms with E-state index in [1.165, 1.54) is 12.1 Å². The van der Waals surface area contributed by atoms with E-state index in [4.69, 9.17) is 4.74 Å². The van der Waals surface area contributed by atoms with E-state index >= 15 is 0 Å². The molecule has 0 bridgehead atoms. The summed E-state index contributed by atoms with van der Waals surface area (Å²) in [6, 6.07) is 6.16. The normalized spacial score (nSPS) is 15.4. The predicted molar refractivity (Wildman–Crippen MR) is 101 cm³/mol. The molecule has 0 amide bonds. The van der Waals surface area contributed by atoms with Crippen LogP contribution in [0.1, 0.15) is 6.42 Å². The first-order valence-corrected chi connectivity index (χ1v) is 9.19. The Labute approximate surface area is 157 Å². The van der Waals surface area contributed by atoms with Gasteiger partial charge in [-0.15, -0.1) is 0 Å². The number of fused-ring (bicyclic) bond motifs is 1. The molecule has 2 aromatic heterocycles. The summed E-state index contributed by atoms with van der Waals surface area (Å²) in [6.45, 7) is 5.46. The monoisotopic (exact) mass is 370 g/mol. The van der Waals surface area contributed by atoms with E-state index in [2.05, 4.69) is 24.9 Å². The topological polar surface area (TPSA) is 59.3 Å². The van der Waals surface area contributed by atoms with Crippen molar-refractivity contribution in [3.63, 3.8) is 0 Å². The molecule has 0 spiro atoms. The Hall–Kier alpha value is -2.74. The van der Waals surface area contributed by atoms with Gasteiger partial charge in [0.05, 0.1) is 18.2 Å². The second-order valence-corrected chi connectivity index (χ2v) is 6.69. The minimum absolute atomic E-state index is 0.243. The zero-order valence-electron chi connectivity index (χ0n) is 15.4. The fourth-order valence-corrected chi connectivity index (χ4v) is 3.39. The van der Waals surface area contributed by atoms with Gasteiger partial charge in [-0.1, -0.05) is 0 Å². The summed E-state index contributed by atoms with van der Waals surface area (Å²) < 4.78 is 20.3. The Morgan fingerprint density at radius 3 is 2.63 bits per heavy atom. The quantitative estimate of drug-likeness (QED) is 0.620. The Balaban J connectivity index is 1.24. The van der Waals surface area contributed by atoms with Crippen molar-refractivity contribution in [2.75, 3.05) is 44.2 Å². The maximum atomic E-state index is 12.9. The molecule has 1 aliphatic heterocycles. The average Bonchev–Trinajstić information content (AvgIpc) is 3.08. The molecule has 0 saturated carbocycles. The van der Waals surface area contributed by atoms with Gasteiger partial charge in [0.15, 0.2) is 5.65 Å². The van der Waals surface area contributed by atoms with E-state index < -0.39 is 0 Å². The molecule has 0 radical (unpaired) electrons. The van der Waals surface area contributed by atoms with Crippen LogP contribution in [0.25, 0.3) is 11.0 Å². The Bertz CT molecular complexity index is 889. The lowest BCUT2D eigenvalue weighted by Crippen LogP contribution is -2.47. The van der Waals surface area contributed by atoms with Crippen LogP contribution in [-0.4, -0.2) is 64.0 Å². The molecule has 0 aliphatic carbocycles. The third-order valence-corrected chi connectivity index (χ3v) is 4.88. The number of hydrogen-bond donors (Lipinski definition) is 0. The molecule has 4 rings (SSSR count). The fraction of sp³-hybridized carbons (Fsp3) is 0.421. The number of nitrogens with zero attached hydrogens (tertiary/aromatic N) is 6. The van der Waals surface area contributed by atoms with Crippen molar-refractivity contribution in [1.29, 1.82) is 0 Å². The number of piperazine rings is 1. The van der Waals surface area contributed by atoms with Crippen LogP contribution in [0.5, 0.6) is 5.75 Å². The Kier molecular flexibility index (Phi) is 5.15. The highest BCUT2D eigenvalue weighted by Gasteiger charge is 2.20. The zero-order valence-corrected chi connectivity index (χ0v) is 15.4. The number of anilines is 1. The van der Waals surface area contributed by atoms with Crippen molar-refractivity contribution in [3.05, 3.63) is 42.6 Å². The summed E-state index contributed by atoms with van der Waals surface area (Å²) in [4.78, 5) is 13.5. The van der Waals surface area contributed by atoms with Crippen LogP contribution in [-0.2, 0) is 7.05 Å². The van der Waals surface area contributed by atoms with Crippen molar-refractivity contribution >= 4 is 16.9 Å². The molecule has 142 valence electrons. The van der Waals surface area contributed by atoms with Crippen LogP contribution in [0, 0.1) is 5.82 Å². The van der Waals surface area contributed by atoms with Gasteiger partial charge in [-0.25, -0.2) is 14.4 Å². The van der Waals surface area contributed by atoms with Gasteiger partial charge in [-0.05, 0) is 30.7 Å². The highest BCUT2D eigenvalue weighted by molar-refractivity contribution is 5.86. The summed E-state index contributed by atoms with van der Waals surface area (Å²) >= 11 is 0. The van der Waals surface area contributed by atoms with E-state index in [1.54, 1.807) is 23.1 Å². The van der Waals surface area contributed by atoms with E-state index in [1.807, 2.05) is 13.2 Å². The molecule has 0 atom stereocenters. The van der Waals surface area contributed by atoms with Crippen molar-refractivity contribution in [2.45, 2.75) is 6.42 Å². The molecule has 1 saturated heterocycles. The van der Waals surface area contributed by atoms with E-state index in [9.17, 15) is 4.39 Å². The number of ether oxygens (including phenoxy) is 1. The van der Waals surface area contributed by atoms with Crippen LogP contribution in [0.3, 0.4) is 0 Å². The fourth-order valence-electron chi connectivity index (χ4n) is 3.39. The molecule has 7 nitrogen and oxygen atoms in total. The molecule has 27 heavy (non-hydrogen) atoms. The summed E-state index contributed by atoms with van der Waals surface area (Å²) in [5.74, 6) is 1.44. The summed E-state index contributed by atoms with van der Waals surface area (Å²) in [7, 11) is 1.89. The number of rotatable bonds is 6. The van der Waals surface area contributed by atoms with E-state index in [0.717, 1.165) is 56.0 Å². The summed E-state index contributed by atoms with van der Waals surface area (Å²) in [5.41, 5.74) is 0.861. The summed E-state index contributed by atoms with van der Waals surface area (Å²) in [6.07, 6.45) is 4.39. The van der Waals surface area contributed by atoms with Crippen LogP contribution in [0.4, 0.5) is 10.2 Å². The largest absolute Gasteiger partial charge is 0.494 e. The van der Waals surface area contributed by atoms with Gasteiger partial charge in [0, 0.05) is 39.8 Å². The van der Waals surface area contributed by atoms with E-state index in [-0.39, 0.29) is 5.82 Å². The number of halogens is 1. The van der Waals surface area contributed by atoms with Crippen molar-refractivity contribution in [2.24, 2.45) is 7.05 Å². The number of aryl methyl sites for hydroxylation is 1. The maximum absolute atomic E-state index is 12.9. The maximum Gasteiger partial charge on any atom is 0.163 e. The standard InChI is InChI=1S/C19H23FN6O/c1-24-18-17(13-23-24)19(22-14-21-18)26-10-8-25(9-11-26)7-2-12-27-16-5-3-15(20)4-6-16/h3-6,13-14H,2,7-12H2,1H3. The number of benzene rings is 1. The predicted octanol–water partition coefficient (Wildman–Crippen LogP) is 2.09. The number of hydrogen-bond acceptors (Lipinski definition) is 6. The minimum Gasteiger partial charge on any atom is -0.494 e. The first kappa shape index (κ1) is 17.7. The molecule has 3 aromatic rings. The molecule has 1 aliphatic rings. The van der Waals surface area contributed by atoms with Crippen LogP contribution in [0.15, 0.2) is 36.8 Å². The van der Waals surface area contributed by atoms with Gasteiger partial charge < -0.3 is 9.64 Å². The van der Waals surface area contributed by atoms with Crippen molar-refractivity contribution < 1.29 is 9.13 Å². The first-order chi connectivity index (χ1) is 13.2. The molecule has 0 unspecified atom stereocenters. The Morgan fingerprint density at radius 1 is 1.07 bits per heavy atom. The molecular formula is C19H23FN6O. The Morgan fingerprint density at radius 2 is 1.85 bits per heavy atom. The van der Waals surface area contributed by atoms with Gasteiger partial charge in [0.25, 0.3) is 0 Å². The highest BCUT2D eigenvalue weighted by atomic mass is 19.1. The van der Waals surface area contributed by atoms with E-state index in [0.29, 0.717) is 12.4 Å². The van der Waals surface area contributed by atoms with Gasteiger partial charge in [0.1, 0.15) is 23.7 Å². The van der Waals surface area contributed by atoms with Gasteiger partial charge in [-0.3, -0.25) is 9.58 Å². The lowest BCUT2D eigenvalue weighted by Gasteiger charge is -2.35. The van der Waals surface area contributed by atoms with Gasteiger partial charge in [-0.2, -0.15) is 5.10 Å². The summed E-state index contributed by atoms with van der Waals surface area (Å²) in [5, 5.41) is 5.29. The lowest BCUT2D eigenvalue weighted by atomic mass is 10.2. The van der Waals surface area contributed by atoms with Crippen LogP contribution < -0.4 is 9.64 Å². The third kappa shape index (κ3) is 4.00. The van der Waals surface area contributed by atoms with Crippen LogP contribution >= 0.6 is 0 Å². The van der Waals surface area contributed by atoms with Crippen LogP contribution in [0.2, 0.25) is 0 Å². The highest BCUT2D eigenvalue weighted by Crippen LogP contribution is 2.23. The zero-order chi connectivity index (χ0) is 18.6. The molecule has 3 heterocycles. The molecule has 0 N–H and O–H groups in total. The molecule has 8 heteroatoms. The third-order valence-electron chi connectivity index (χ3n) is 4.88. The molecule has 1 aromatic carbocycles. The van der Waals surface area contributed by atoms with Crippen molar-refractivity contribution in [3.8, 4) is 5.75 Å². The smallest absolute Gasteiger partial charge is 0.163 e. The second kappa shape index (κ2) is 7.87. The average molecular weight is 370 g/mol. The second-order valence-electron chi connectivity index (χ2n) is 6.69. The number of aromatic nitrogens is 4. The minimum atomic E-state index is -0.243. The first-order valence-electron chi connectivity index (χ1n) is 9.19. The van der Waals surface area contributed by atoms with Crippen molar-refractivity contribution in [1.82, 2.24) is 24.6 Å². The molecular weight excluding hydrogens is 347 g/mol. The lowest BCUT2D eigenvalue weighted by molar-refractivity contribution is 0.224. The van der Waals surface area contributed by atoms with Gasteiger partial charge >= 0.3 is 0 Å². The molecule has 1 fully saturated rings. The SMILES string of the molecule is Cn1ncc2c(N3CCN(CCCOc4ccc(F)cc4)CC3)ncnc21. The van der Waals surface area contributed by atoms with Gasteiger partial charge in [0.2, 0.25) is 0 Å².